The summed E-state index contributed by atoms with van der Waals surface area (Å²) in [5.74, 6) is -0.561. The molecule has 0 bridgehead atoms. The molecule has 1 saturated heterocycles. The van der Waals surface area contributed by atoms with Gasteiger partial charge in [-0.3, -0.25) is 4.79 Å². The molecule has 0 aliphatic carbocycles. The third-order valence-electron chi connectivity index (χ3n) is 2.68. The van der Waals surface area contributed by atoms with Crippen LogP contribution >= 0.6 is 0 Å². The first-order chi connectivity index (χ1) is 7.56. The molecule has 0 spiro atoms. The summed E-state index contributed by atoms with van der Waals surface area (Å²) < 4.78 is 0. The summed E-state index contributed by atoms with van der Waals surface area (Å²) in [4.78, 5) is 15.5. The SMILES string of the molecule is C#CONC(C(C)C)[C@H]1[CH-]C[C@H](C(=O)O)N1.[Y]. The van der Waals surface area contributed by atoms with Gasteiger partial charge in [-0.25, -0.2) is 0 Å². The number of carbonyl (C=O) groups is 1. The number of aliphatic carboxylic acids is 1. The number of nitrogens with one attached hydrogen (secondary N) is 2. The molecule has 17 heavy (non-hydrogen) atoms. The molecule has 3 atom stereocenters. The summed E-state index contributed by atoms with van der Waals surface area (Å²) in [6, 6.07) is -0.603. The van der Waals surface area contributed by atoms with Crippen LogP contribution in [0.15, 0.2) is 0 Å². The van der Waals surface area contributed by atoms with Crippen molar-refractivity contribution in [3.8, 4) is 12.5 Å². The maximum Gasteiger partial charge on any atom is 0.317 e. The fraction of sp³-hybridized carbons (Fsp3) is 0.636. The fourth-order valence-corrected chi connectivity index (χ4v) is 1.80. The topological polar surface area (TPSA) is 70.6 Å². The van der Waals surface area contributed by atoms with Crippen LogP contribution in [0.5, 0.6) is 0 Å². The predicted octanol–water partition coefficient (Wildman–Crippen LogP) is 0.140. The van der Waals surface area contributed by atoms with Gasteiger partial charge < -0.3 is 21.7 Å². The normalized spacial score (nSPS) is 24.8. The van der Waals surface area contributed by atoms with E-state index in [9.17, 15) is 4.79 Å². The van der Waals surface area contributed by atoms with Gasteiger partial charge in [0.1, 0.15) is 6.11 Å². The van der Waals surface area contributed by atoms with E-state index in [1.165, 1.54) is 0 Å². The monoisotopic (exact) mass is 314 g/mol. The largest absolute Gasteiger partial charge is 0.480 e. The Morgan fingerprint density at radius 2 is 2.35 bits per heavy atom. The van der Waals surface area contributed by atoms with Gasteiger partial charge in [-0.1, -0.05) is 26.3 Å². The number of rotatable bonds is 5. The molecule has 1 unspecified atom stereocenters. The second-order valence-electron chi connectivity index (χ2n) is 4.16. The summed E-state index contributed by atoms with van der Waals surface area (Å²) in [5, 5.41) is 11.9. The van der Waals surface area contributed by atoms with Crippen LogP contribution in [0.25, 0.3) is 0 Å². The maximum absolute atomic E-state index is 10.8. The number of hydrogen-bond donors (Lipinski definition) is 3. The smallest absolute Gasteiger partial charge is 0.317 e. The Hall–Kier alpha value is -0.146. The van der Waals surface area contributed by atoms with E-state index in [2.05, 4.69) is 10.8 Å². The fourth-order valence-electron chi connectivity index (χ4n) is 1.80. The van der Waals surface area contributed by atoms with Gasteiger partial charge in [0.05, 0.1) is 6.04 Å². The molecule has 6 heteroatoms. The van der Waals surface area contributed by atoms with E-state index in [0.717, 1.165) is 0 Å². The standard InChI is InChI=1S/C11H17N2O3.Y/c1-4-16-13-10(7(2)3)8-5-6-9(12-8)11(14)15;/h1,5,7-10,12-13H,6H2,2-3H3,(H,14,15);/q-1;/t8-,9-,10?;/m1./s1. The molecule has 0 amide bonds. The molecule has 1 aliphatic rings. The van der Waals surface area contributed by atoms with E-state index in [0.29, 0.717) is 6.42 Å². The summed E-state index contributed by atoms with van der Waals surface area (Å²) in [6.45, 7) is 4.03. The average molecular weight is 314 g/mol. The van der Waals surface area contributed by atoms with E-state index in [4.69, 9.17) is 16.4 Å². The van der Waals surface area contributed by atoms with E-state index >= 15 is 0 Å². The molecule has 1 aliphatic heterocycles. The summed E-state index contributed by atoms with van der Waals surface area (Å²) >= 11 is 0. The molecule has 1 radical (unpaired) electrons. The number of hydrogen-bond acceptors (Lipinski definition) is 4. The molecule has 3 N–H and O–H groups in total. The van der Waals surface area contributed by atoms with Crippen LogP contribution in [-0.2, 0) is 42.3 Å². The molecular weight excluding hydrogens is 297 g/mol. The number of carboxylic acid groups (broad SMARTS) is 1. The predicted molar refractivity (Wildman–Crippen MR) is 58.9 cm³/mol. The van der Waals surface area contributed by atoms with Gasteiger partial charge in [-0.15, -0.1) is 5.48 Å². The Morgan fingerprint density at radius 1 is 1.71 bits per heavy atom. The van der Waals surface area contributed by atoms with Crippen molar-refractivity contribution >= 4 is 5.97 Å². The van der Waals surface area contributed by atoms with Gasteiger partial charge in [-0.05, 0) is 5.92 Å². The number of hydroxylamine groups is 1. The molecule has 93 valence electrons. The molecule has 0 saturated carbocycles. The summed E-state index contributed by atoms with van der Waals surface area (Å²) in [7, 11) is 0. The van der Waals surface area contributed by atoms with Crippen LogP contribution in [0.4, 0.5) is 0 Å². The van der Waals surface area contributed by atoms with Gasteiger partial charge >= 0.3 is 5.97 Å². The molecule has 5 nitrogen and oxygen atoms in total. The molecule has 0 aromatic heterocycles. The zero-order chi connectivity index (χ0) is 12.1. The van der Waals surface area contributed by atoms with Crippen molar-refractivity contribution in [3.05, 3.63) is 6.42 Å². The van der Waals surface area contributed by atoms with Crippen LogP contribution < -0.4 is 10.8 Å². The summed E-state index contributed by atoms with van der Waals surface area (Å²) in [5.41, 5.74) is 2.75. The molecular formula is C11H17N2O3Y-. The minimum Gasteiger partial charge on any atom is -0.480 e. The third kappa shape index (κ3) is 4.93. The maximum atomic E-state index is 10.8. The van der Waals surface area contributed by atoms with E-state index < -0.39 is 12.0 Å². The third-order valence-corrected chi connectivity index (χ3v) is 2.68. The van der Waals surface area contributed by atoms with Crippen LogP contribution in [-0.4, -0.2) is 29.2 Å². The van der Waals surface area contributed by atoms with Crippen molar-refractivity contribution in [1.29, 1.82) is 0 Å². The summed E-state index contributed by atoms with van der Waals surface area (Å²) in [6.07, 6.45) is 9.49. The van der Waals surface area contributed by atoms with Crippen molar-refractivity contribution in [1.82, 2.24) is 10.8 Å². The average Bonchev–Trinajstić information content (AvgIpc) is 2.67. The molecule has 1 fully saturated rings. The quantitative estimate of drug-likeness (QED) is 0.383. The minimum atomic E-state index is -0.834. The Labute approximate surface area is 127 Å². The first kappa shape index (κ1) is 16.9. The molecule has 0 aromatic carbocycles. The Morgan fingerprint density at radius 3 is 2.76 bits per heavy atom. The molecule has 1 rings (SSSR count). The van der Waals surface area contributed by atoms with Gasteiger partial charge in [0.25, 0.3) is 0 Å². The van der Waals surface area contributed by atoms with Gasteiger partial charge in [-0.2, -0.15) is 6.42 Å². The first-order valence-corrected chi connectivity index (χ1v) is 5.25. The first-order valence-electron chi connectivity index (χ1n) is 5.25. The van der Waals surface area contributed by atoms with E-state index in [-0.39, 0.29) is 50.7 Å². The van der Waals surface area contributed by atoms with Crippen LogP contribution in [0.1, 0.15) is 20.3 Å². The zero-order valence-electron chi connectivity index (χ0n) is 10.0. The van der Waals surface area contributed by atoms with Gasteiger partial charge in [0, 0.05) is 38.8 Å². The van der Waals surface area contributed by atoms with Gasteiger partial charge in [0.15, 0.2) is 0 Å². The van der Waals surface area contributed by atoms with Crippen LogP contribution in [0.2, 0.25) is 0 Å². The van der Waals surface area contributed by atoms with Crippen molar-refractivity contribution in [3.63, 3.8) is 0 Å². The van der Waals surface area contributed by atoms with E-state index in [1.807, 2.05) is 26.4 Å². The van der Waals surface area contributed by atoms with Gasteiger partial charge in [0.2, 0.25) is 0 Å². The van der Waals surface area contributed by atoms with Crippen LogP contribution in [0, 0.1) is 24.9 Å². The zero-order valence-corrected chi connectivity index (χ0v) is 12.9. The Balaban J connectivity index is 0.00000256. The molecule has 1 heterocycles. The number of terminal acetylenes is 1. The second kappa shape index (κ2) is 8.04. The molecule has 0 aromatic rings. The van der Waals surface area contributed by atoms with Crippen molar-refractivity contribution in [2.24, 2.45) is 5.92 Å². The van der Waals surface area contributed by atoms with Crippen molar-refractivity contribution in [2.75, 3.05) is 0 Å². The van der Waals surface area contributed by atoms with Crippen LogP contribution in [0.3, 0.4) is 0 Å². The Bertz CT molecular complexity index is 291. The van der Waals surface area contributed by atoms with Crippen molar-refractivity contribution in [2.45, 2.75) is 38.4 Å². The Kier molecular flexibility index (Phi) is 7.97. The number of carboxylic acids is 1. The van der Waals surface area contributed by atoms with Crippen molar-refractivity contribution < 1.29 is 47.4 Å². The minimum absolute atomic E-state index is 0. The second-order valence-corrected chi connectivity index (χ2v) is 4.16. The van der Waals surface area contributed by atoms with E-state index in [1.54, 1.807) is 0 Å².